The lowest BCUT2D eigenvalue weighted by Crippen LogP contribution is -2.55. The van der Waals surface area contributed by atoms with Gasteiger partial charge in [-0.1, -0.05) is 42.5 Å². The van der Waals surface area contributed by atoms with E-state index >= 15 is 0 Å². The monoisotopic (exact) mass is 564 g/mol. The largest absolute Gasteiger partial charge is 0.341 e. The van der Waals surface area contributed by atoms with Crippen molar-refractivity contribution in [2.75, 3.05) is 39.0 Å². The van der Waals surface area contributed by atoms with Crippen LogP contribution in [0, 0.1) is 11.8 Å². The van der Waals surface area contributed by atoms with Gasteiger partial charge in [-0.3, -0.25) is 14.5 Å². The lowest BCUT2D eigenvalue weighted by Gasteiger charge is -2.38. The van der Waals surface area contributed by atoms with Gasteiger partial charge in [0.1, 0.15) is 5.54 Å². The molecule has 0 bridgehead atoms. The van der Waals surface area contributed by atoms with E-state index in [1.807, 2.05) is 6.07 Å². The van der Waals surface area contributed by atoms with Crippen molar-refractivity contribution in [3.8, 4) is 0 Å². The first-order chi connectivity index (χ1) is 19.1. The molecule has 0 radical (unpaired) electrons. The Balaban J connectivity index is 1.09. The van der Waals surface area contributed by atoms with Gasteiger partial charge in [-0.25, -0.2) is 13.2 Å². The number of amides is 4. The molecular formula is C30H36N4O5S. The Hall–Kier alpha value is -3.24. The van der Waals surface area contributed by atoms with E-state index in [0.717, 1.165) is 38.7 Å². The minimum atomic E-state index is -3.32. The average molecular weight is 565 g/mol. The van der Waals surface area contributed by atoms with Crippen LogP contribution in [-0.4, -0.2) is 85.5 Å². The van der Waals surface area contributed by atoms with Crippen molar-refractivity contribution in [1.29, 1.82) is 0 Å². The van der Waals surface area contributed by atoms with Crippen LogP contribution >= 0.6 is 0 Å². The number of hydrogen-bond donors (Lipinski definition) is 1. The first-order valence-electron chi connectivity index (χ1n) is 14.1. The zero-order valence-corrected chi connectivity index (χ0v) is 23.6. The summed E-state index contributed by atoms with van der Waals surface area (Å²) < 4.78 is 23.5. The number of benzene rings is 2. The highest BCUT2D eigenvalue weighted by Crippen LogP contribution is 2.39. The minimum absolute atomic E-state index is 0.103. The van der Waals surface area contributed by atoms with Crippen LogP contribution in [0.15, 0.2) is 59.5 Å². The smallest absolute Gasteiger partial charge is 0.325 e. The fourth-order valence-electron chi connectivity index (χ4n) is 6.53. The Morgan fingerprint density at radius 2 is 1.65 bits per heavy atom. The molecule has 4 fully saturated rings. The molecule has 3 aliphatic heterocycles. The number of carbonyl (C=O) groups excluding carboxylic acids is 3. The summed E-state index contributed by atoms with van der Waals surface area (Å²) in [4.78, 5) is 45.1. The second-order valence-electron chi connectivity index (χ2n) is 11.9. The van der Waals surface area contributed by atoms with E-state index < -0.39 is 21.4 Å². The van der Waals surface area contributed by atoms with Gasteiger partial charge in [0.15, 0.2) is 9.84 Å². The molecule has 10 heteroatoms. The zero-order chi connectivity index (χ0) is 28.1. The summed E-state index contributed by atoms with van der Waals surface area (Å²) in [5.74, 6) is 0.902. The van der Waals surface area contributed by atoms with E-state index in [1.165, 1.54) is 22.6 Å². The van der Waals surface area contributed by atoms with E-state index in [1.54, 1.807) is 12.1 Å². The van der Waals surface area contributed by atoms with Gasteiger partial charge in [-0.2, -0.15) is 0 Å². The van der Waals surface area contributed by atoms with Crippen LogP contribution in [0.2, 0.25) is 0 Å². The van der Waals surface area contributed by atoms with Crippen LogP contribution in [0.3, 0.4) is 0 Å². The lowest BCUT2D eigenvalue weighted by molar-refractivity contribution is -0.133. The molecule has 3 saturated heterocycles. The fourth-order valence-corrected chi connectivity index (χ4v) is 7.17. The van der Waals surface area contributed by atoms with Crippen LogP contribution in [0.25, 0.3) is 0 Å². The van der Waals surface area contributed by atoms with Crippen molar-refractivity contribution in [1.82, 2.24) is 20.0 Å². The SMILES string of the molecule is CS(=O)(=O)c1ccc(CN2C(=O)NC3(CCN(C[C@H]4CN(C(=O)C5CC5)C[C@@H]4c4ccccc4)CC3)C2=O)cc1. The predicted octanol–water partition coefficient (Wildman–Crippen LogP) is 2.63. The highest BCUT2D eigenvalue weighted by atomic mass is 32.2. The number of urea groups is 1. The van der Waals surface area contributed by atoms with Gasteiger partial charge in [-0.05, 0) is 54.9 Å². The third-order valence-corrected chi connectivity index (χ3v) is 10.2. The number of carbonyl (C=O) groups is 3. The average Bonchev–Trinajstić information content (AvgIpc) is 3.67. The van der Waals surface area contributed by atoms with E-state index in [-0.39, 0.29) is 29.2 Å². The van der Waals surface area contributed by atoms with Crippen LogP contribution in [0.4, 0.5) is 4.79 Å². The summed E-state index contributed by atoms with van der Waals surface area (Å²) >= 11 is 0. The Morgan fingerprint density at radius 1 is 0.975 bits per heavy atom. The normalized spacial score (nSPS) is 25.0. The van der Waals surface area contributed by atoms with Gasteiger partial charge in [-0.15, -0.1) is 0 Å². The standard InChI is InChI=1S/C30H36N4O5S/c1-40(38,39)25-11-7-21(8-12-25)17-34-28(36)30(31-29(34)37)13-15-32(16-14-30)18-24-19-33(27(35)23-9-10-23)20-26(24)22-5-3-2-4-6-22/h2-8,11-12,23-24,26H,9-10,13-20H2,1H3,(H,31,37)/t24-,26+/m0/s1. The summed E-state index contributed by atoms with van der Waals surface area (Å²) in [5, 5.41) is 2.98. The Bertz CT molecular complexity index is 1400. The summed E-state index contributed by atoms with van der Waals surface area (Å²) in [5.41, 5.74) is 1.07. The van der Waals surface area contributed by atoms with Gasteiger partial charge in [0.25, 0.3) is 5.91 Å². The maximum absolute atomic E-state index is 13.5. The van der Waals surface area contributed by atoms with Crippen LogP contribution < -0.4 is 5.32 Å². The number of likely N-dealkylation sites (tertiary alicyclic amines) is 2. The molecule has 3 heterocycles. The highest BCUT2D eigenvalue weighted by molar-refractivity contribution is 7.90. The predicted molar refractivity (Wildman–Crippen MR) is 149 cm³/mol. The van der Waals surface area contributed by atoms with E-state index in [4.69, 9.17) is 0 Å². The van der Waals surface area contributed by atoms with Crippen molar-refractivity contribution in [3.63, 3.8) is 0 Å². The zero-order valence-electron chi connectivity index (χ0n) is 22.8. The third-order valence-electron chi connectivity index (χ3n) is 9.05. The topological polar surface area (TPSA) is 107 Å². The Morgan fingerprint density at radius 3 is 2.27 bits per heavy atom. The second-order valence-corrected chi connectivity index (χ2v) is 13.9. The summed E-state index contributed by atoms with van der Waals surface area (Å²) in [6, 6.07) is 16.3. The first-order valence-corrected chi connectivity index (χ1v) is 16.0. The maximum atomic E-state index is 13.5. The first kappa shape index (κ1) is 27.0. The lowest BCUT2D eigenvalue weighted by atomic mass is 9.85. The molecule has 40 heavy (non-hydrogen) atoms. The number of hydrogen-bond acceptors (Lipinski definition) is 6. The molecule has 0 aromatic heterocycles. The van der Waals surface area contributed by atoms with Crippen molar-refractivity contribution in [3.05, 3.63) is 65.7 Å². The van der Waals surface area contributed by atoms with E-state index in [0.29, 0.717) is 43.3 Å². The van der Waals surface area contributed by atoms with Gasteiger partial charge in [0, 0.05) is 50.8 Å². The number of sulfone groups is 1. The van der Waals surface area contributed by atoms with Gasteiger partial charge in [0.05, 0.1) is 11.4 Å². The molecule has 1 spiro atoms. The molecule has 1 aliphatic carbocycles. The van der Waals surface area contributed by atoms with Crippen molar-refractivity contribution >= 4 is 27.7 Å². The molecule has 9 nitrogen and oxygen atoms in total. The number of imide groups is 1. The molecule has 6 rings (SSSR count). The summed E-state index contributed by atoms with van der Waals surface area (Å²) in [6.07, 6.45) is 4.23. The summed E-state index contributed by atoms with van der Waals surface area (Å²) in [6.45, 7) is 3.86. The number of nitrogens with one attached hydrogen (secondary N) is 1. The molecule has 4 amide bonds. The van der Waals surface area contributed by atoms with Crippen LogP contribution in [0.1, 0.15) is 42.7 Å². The van der Waals surface area contributed by atoms with Crippen molar-refractivity contribution in [2.45, 2.75) is 48.6 Å². The number of piperidine rings is 1. The quantitative estimate of drug-likeness (QED) is 0.519. The van der Waals surface area contributed by atoms with Gasteiger partial charge in [0.2, 0.25) is 5.91 Å². The van der Waals surface area contributed by atoms with E-state index in [2.05, 4.69) is 39.4 Å². The maximum Gasteiger partial charge on any atom is 0.325 e. The van der Waals surface area contributed by atoms with Crippen molar-refractivity contribution in [2.24, 2.45) is 11.8 Å². The molecule has 2 aromatic rings. The molecule has 1 saturated carbocycles. The van der Waals surface area contributed by atoms with Crippen LogP contribution in [0.5, 0.6) is 0 Å². The second kappa shape index (κ2) is 10.3. The number of rotatable bonds is 7. The molecule has 2 atom stereocenters. The molecule has 0 unspecified atom stereocenters. The van der Waals surface area contributed by atoms with Crippen molar-refractivity contribution < 1.29 is 22.8 Å². The highest BCUT2D eigenvalue weighted by Gasteiger charge is 2.52. The number of nitrogens with zero attached hydrogens (tertiary/aromatic N) is 3. The van der Waals surface area contributed by atoms with Gasteiger partial charge >= 0.3 is 6.03 Å². The summed E-state index contributed by atoms with van der Waals surface area (Å²) in [7, 11) is -3.32. The Kier molecular flexibility index (Phi) is 6.94. The fraction of sp³-hybridized carbons (Fsp3) is 0.500. The Labute approximate surface area is 235 Å². The van der Waals surface area contributed by atoms with E-state index in [9.17, 15) is 22.8 Å². The minimum Gasteiger partial charge on any atom is -0.341 e. The molecular weight excluding hydrogens is 528 g/mol. The third kappa shape index (κ3) is 5.26. The van der Waals surface area contributed by atoms with Gasteiger partial charge < -0.3 is 15.1 Å². The molecule has 212 valence electrons. The van der Waals surface area contributed by atoms with Crippen LogP contribution in [-0.2, 0) is 26.0 Å². The molecule has 2 aromatic carbocycles. The molecule has 1 N–H and O–H groups in total. The molecule has 4 aliphatic rings.